The summed E-state index contributed by atoms with van der Waals surface area (Å²) in [5.74, 6) is 1.43. The van der Waals surface area contributed by atoms with Gasteiger partial charge in [-0.15, -0.1) is 11.6 Å². The van der Waals surface area contributed by atoms with E-state index < -0.39 is 0 Å². The number of methoxy groups -OCH3 is 2. The first-order valence-corrected chi connectivity index (χ1v) is 7.00. The van der Waals surface area contributed by atoms with E-state index in [-0.39, 0.29) is 5.38 Å². The van der Waals surface area contributed by atoms with Gasteiger partial charge in [-0.05, 0) is 34.9 Å². The van der Waals surface area contributed by atoms with Gasteiger partial charge in [-0.3, -0.25) is 0 Å². The van der Waals surface area contributed by atoms with Crippen LogP contribution in [-0.4, -0.2) is 14.2 Å². The maximum absolute atomic E-state index is 6.48. The molecule has 1 atom stereocenters. The lowest BCUT2D eigenvalue weighted by molar-refractivity contribution is 0.351. The van der Waals surface area contributed by atoms with Crippen LogP contribution in [0.3, 0.4) is 0 Å². The summed E-state index contributed by atoms with van der Waals surface area (Å²) in [6.45, 7) is 0. The van der Waals surface area contributed by atoms with E-state index in [2.05, 4.69) is 16.8 Å². The summed E-state index contributed by atoms with van der Waals surface area (Å²) in [4.78, 5) is 0. The van der Waals surface area contributed by atoms with Gasteiger partial charge in [-0.1, -0.05) is 12.1 Å². The highest BCUT2D eigenvalue weighted by Gasteiger charge is 2.17. The van der Waals surface area contributed by atoms with E-state index in [1.165, 1.54) is 5.56 Å². The molecule has 4 heteroatoms. The van der Waals surface area contributed by atoms with Crippen LogP contribution in [0.2, 0.25) is 0 Å². The number of ether oxygens (including phenoxy) is 2. The van der Waals surface area contributed by atoms with Crippen LogP contribution in [0.25, 0.3) is 0 Å². The van der Waals surface area contributed by atoms with Gasteiger partial charge < -0.3 is 9.47 Å². The predicted molar refractivity (Wildman–Crippen MR) is 76.2 cm³/mol. The van der Waals surface area contributed by atoms with Crippen LogP contribution in [-0.2, 0) is 6.42 Å². The highest BCUT2D eigenvalue weighted by atomic mass is 35.5. The molecule has 0 radical (unpaired) electrons. The van der Waals surface area contributed by atoms with Crippen molar-refractivity contribution < 1.29 is 9.47 Å². The Balaban J connectivity index is 2.26. The molecule has 0 spiro atoms. The number of hydrogen-bond donors (Lipinski definition) is 0. The van der Waals surface area contributed by atoms with Gasteiger partial charge in [-0.2, -0.15) is 11.3 Å². The van der Waals surface area contributed by atoms with E-state index in [1.54, 1.807) is 25.6 Å². The Labute approximate surface area is 116 Å². The summed E-state index contributed by atoms with van der Waals surface area (Å²) in [5.41, 5.74) is 2.20. The Kier molecular flexibility index (Phi) is 4.50. The van der Waals surface area contributed by atoms with Crippen molar-refractivity contribution in [2.45, 2.75) is 11.8 Å². The average molecular weight is 283 g/mol. The van der Waals surface area contributed by atoms with Crippen molar-refractivity contribution >= 4 is 22.9 Å². The molecule has 2 nitrogen and oxygen atoms in total. The molecule has 0 fully saturated rings. The van der Waals surface area contributed by atoms with Crippen LogP contribution >= 0.6 is 22.9 Å². The predicted octanol–water partition coefficient (Wildman–Crippen LogP) is 4.29. The van der Waals surface area contributed by atoms with Crippen molar-refractivity contribution in [3.63, 3.8) is 0 Å². The van der Waals surface area contributed by atoms with Gasteiger partial charge in [0.2, 0.25) is 0 Å². The molecule has 1 unspecified atom stereocenters. The normalized spacial score (nSPS) is 12.2. The van der Waals surface area contributed by atoms with E-state index in [0.29, 0.717) is 5.75 Å². The highest BCUT2D eigenvalue weighted by Crippen LogP contribution is 2.38. The van der Waals surface area contributed by atoms with Gasteiger partial charge in [0.15, 0.2) is 11.5 Å². The van der Waals surface area contributed by atoms with Gasteiger partial charge in [-0.25, -0.2) is 0 Å². The Morgan fingerprint density at radius 3 is 2.67 bits per heavy atom. The van der Waals surface area contributed by atoms with Crippen molar-refractivity contribution in [2.24, 2.45) is 0 Å². The minimum absolute atomic E-state index is 0.121. The topological polar surface area (TPSA) is 18.5 Å². The fraction of sp³-hybridized carbons (Fsp3) is 0.286. The largest absolute Gasteiger partial charge is 0.493 e. The summed E-state index contributed by atoms with van der Waals surface area (Å²) in [7, 11) is 3.26. The van der Waals surface area contributed by atoms with Crippen molar-refractivity contribution in [3.8, 4) is 11.5 Å². The van der Waals surface area contributed by atoms with Gasteiger partial charge >= 0.3 is 0 Å². The van der Waals surface area contributed by atoms with E-state index in [9.17, 15) is 0 Å². The zero-order chi connectivity index (χ0) is 13.0. The molecule has 0 aliphatic heterocycles. The van der Waals surface area contributed by atoms with Crippen LogP contribution < -0.4 is 9.47 Å². The maximum atomic E-state index is 6.48. The monoisotopic (exact) mass is 282 g/mol. The smallest absolute Gasteiger partial charge is 0.165 e. The lowest BCUT2D eigenvalue weighted by Crippen LogP contribution is -2.00. The first-order valence-electron chi connectivity index (χ1n) is 5.62. The SMILES string of the molecule is COc1cccc(C(Cl)Cc2ccsc2)c1OC. The minimum atomic E-state index is -0.121. The number of para-hydroxylation sites is 1. The molecule has 0 saturated carbocycles. The second-order valence-electron chi connectivity index (χ2n) is 3.89. The average Bonchev–Trinajstić information content (AvgIpc) is 2.90. The van der Waals surface area contributed by atoms with Crippen molar-refractivity contribution in [1.29, 1.82) is 0 Å². The van der Waals surface area contributed by atoms with Crippen LogP contribution in [0.4, 0.5) is 0 Å². The third kappa shape index (κ3) is 2.79. The van der Waals surface area contributed by atoms with Crippen LogP contribution in [0.15, 0.2) is 35.0 Å². The Morgan fingerprint density at radius 1 is 1.22 bits per heavy atom. The van der Waals surface area contributed by atoms with Crippen LogP contribution in [0.1, 0.15) is 16.5 Å². The summed E-state index contributed by atoms with van der Waals surface area (Å²) >= 11 is 8.16. The van der Waals surface area contributed by atoms with Crippen molar-refractivity contribution in [3.05, 3.63) is 46.2 Å². The number of hydrogen-bond acceptors (Lipinski definition) is 3. The molecule has 1 heterocycles. The quantitative estimate of drug-likeness (QED) is 0.762. The molecule has 96 valence electrons. The summed E-state index contributed by atoms with van der Waals surface area (Å²) in [6.07, 6.45) is 0.786. The Bertz CT molecular complexity index is 497. The molecule has 2 rings (SSSR count). The van der Waals surface area contributed by atoms with E-state index in [1.807, 2.05) is 18.2 Å². The number of thiophene rings is 1. The molecule has 1 aromatic heterocycles. The van der Waals surface area contributed by atoms with E-state index in [0.717, 1.165) is 17.7 Å². The van der Waals surface area contributed by atoms with Gasteiger partial charge in [0.05, 0.1) is 19.6 Å². The standard InChI is InChI=1S/C14H15ClO2S/c1-16-13-5-3-4-11(14(13)17-2)12(15)8-10-6-7-18-9-10/h3-7,9,12H,8H2,1-2H3. The number of alkyl halides is 1. The van der Waals surface area contributed by atoms with E-state index >= 15 is 0 Å². The molecular weight excluding hydrogens is 268 g/mol. The molecule has 0 aliphatic rings. The summed E-state index contributed by atoms with van der Waals surface area (Å²) in [6, 6.07) is 7.87. The fourth-order valence-corrected chi connectivity index (χ4v) is 2.92. The molecular formula is C14H15ClO2S. The molecule has 0 N–H and O–H groups in total. The van der Waals surface area contributed by atoms with Crippen LogP contribution in [0, 0.1) is 0 Å². The number of benzene rings is 1. The molecule has 0 saturated heterocycles. The van der Waals surface area contributed by atoms with E-state index in [4.69, 9.17) is 21.1 Å². The third-order valence-corrected chi connectivity index (χ3v) is 3.89. The summed E-state index contributed by atoms with van der Waals surface area (Å²) in [5, 5.41) is 4.05. The second kappa shape index (κ2) is 6.12. The Morgan fingerprint density at radius 2 is 2.06 bits per heavy atom. The number of halogens is 1. The lowest BCUT2D eigenvalue weighted by atomic mass is 10.0. The molecule has 2 aromatic rings. The summed E-state index contributed by atoms with van der Waals surface area (Å²) < 4.78 is 10.7. The number of rotatable bonds is 5. The second-order valence-corrected chi connectivity index (χ2v) is 5.19. The van der Waals surface area contributed by atoms with Gasteiger partial charge in [0.1, 0.15) is 0 Å². The van der Waals surface area contributed by atoms with Crippen molar-refractivity contribution in [2.75, 3.05) is 14.2 Å². The Hall–Kier alpha value is -1.19. The first kappa shape index (κ1) is 13.2. The van der Waals surface area contributed by atoms with Gasteiger partial charge in [0.25, 0.3) is 0 Å². The fourth-order valence-electron chi connectivity index (χ4n) is 1.88. The third-order valence-electron chi connectivity index (χ3n) is 2.77. The zero-order valence-corrected chi connectivity index (χ0v) is 11.9. The lowest BCUT2D eigenvalue weighted by Gasteiger charge is -2.16. The molecule has 1 aromatic carbocycles. The molecule has 18 heavy (non-hydrogen) atoms. The highest BCUT2D eigenvalue weighted by molar-refractivity contribution is 7.07. The van der Waals surface area contributed by atoms with Crippen molar-refractivity contribution in [1.82, 2.24) is 0 Å². The minimum Gasteiger partial charge on any atom is -0.493 e. The molecule has 0 bridgehead atoms. The first-order chi connectivity index (χ1) is 8.76. The molecule has 0 aliphatic carbocycles. The maximum Gasteiger partial charge on any atom is 0.165 e. The van der Waals surface area contributed by atoms with Crippen LogP contribution in [0.5, 0.6) is 11.5 Å². The zero-order valence-electron chi connectivity index (χ0n) is 10.4. The van der Waals surface area contributed by atoms with Gasteiger partial charge in [0, 0.05) is 5.56 Å². The molecule has 0 amide bonds.